The van der Waals surface area contributed by atoms with E-state index in [9.17, 15) is 4.79 Å². The normalized spacial score (nSPS) is 11.1. The Morgan fingerprint density at radius 2 is 2.28 bits per heavy atom. The summed E-state index contributed by atoms with van der Waals surface area (Å²) in [6, 6.07) is 0. The van der Waals surface area contributed by atoms with Crippen LogP contribution in [0.4, 0.5) is 0 Å². The van der Waals surface area contributed by atoms with Crippen LogP contribution in [0.25, 0.3) is 0 Å². The molecular weight excluding hydrogens is 300 g/mol. The average Bonchev–Trinajstić information content (AvgIpc) is 2.94. The highest BCUT2D eigenvalue weighted by atomic mass is 79.9. The number of hydrogen-bond donors (Lipinski definition) is 1. The van der Waals surface area contributed by atoms with Gasteiger partial charge in [0.2, 0.25) is 5.78 Å². The smallest absolute Gasteiger partial charge is 0.234 e. The number of carbonyl (C=O) groups excluding carboxylic acids is 1. The van der Waals surface area contributed by atoms with Crippen molar-refractivity contribution in [2.75, 3.05) is 20.6 Å². The van der Waals surface area contributed by atoms with Gasteiger partial charge in [-0.15, -0.1) is 0 Å². The van der Waals surface area contributed by atoms with Crippen molar-refractivity contribution in [1.29, 1.82) is 0 Å². The number of aromatic nitrogens is 5. The van der Waals surface area contributed by atoms with Gasteiger partial charge in [0, 0.05) is 6.54 Å². The number of carbonyl (C=O) groups is 1. The zero-order valence-corrected chi connectivity index (χ0v) is 11.7. The lowest BCUT2D eigenvalue weighted by Crippen LogP contribution is -2.22. The molecule has 0 saturated heterocycles. The molecule has 0 aliphatic heterocycles. The molecule has 0 amide bonds. The van der Waals surface area contributed by atoms with Crippen LogP contribution < -0.4 is 0 Å². The number of nitrogens with zero attached hydrogens (tertiary/aromatic N) is 5. The van der Waals surface area contributed by atoms with Crippen LogP contribution in [0, 0.1) is 0 Å². The van der Waals surface area contributed by atoms with Gasteiger partial charge >= 0.3 is 0 Å². The Morgan fingerprint density at radius 3 is 2.89 bits per heavy atom. The van der Waals surface area contributed by atoms with Crippen molar-refractivity contribution in [2.45, 2.75) is 6.54 Å². The third-order valence-electron chi connectivity index (χ3n) is 2.42. The number of rotatable bonds is 5. The molecule has 0 atom stereocenters. The molecule has 7 nitrogen and oxygen atoms in total. The van der Waals surface area contributed by atoms with E-state index in [-0.39, 0.29) is 11.5 Å². The summed E-state index contributed by atoms with van der Waals surface area (Å²) in [7, 11) is 3.94. The molecule has 2 aromatic heterocycles. The topological polar surface area (TPSA) is 79.7 Å². The number of hydrogen-bond acceptors (Lipinski definition) is 5. The van der Waals surface area contributed by atoms with Crippen LogP contribution in [0.2, 0.25) is 0 Å². The molecule has 2 aromatic rings. The monoisotopic (exact) mass is 312 g/mol. The summed E-state index contributed by atoms with van der Waals surface area (Å²) in [5.41, 5.74) is 0.771. The second kappa shape index (κ2) is 5.40. The zero-order valence-electron chi connectivity index (χ0n) is 10.1. The summed E-state index contributed by atoms with van der Waals surface area (Å²) < 4.78 is 2.33. The lowest BCUT2D eigenvalue weighted by Gasteiger charge is -2.11. The summed E-state index contributed by atoms with van der Waals surface area (Å²) in [5.74, 6) is -0.202. The van der Waals surface area contributed by atoms with Crippen molar-refractivity contribution >= 4 is 21.7 Å². The Morgan fingerprint density at radius 1 is 1.50 bits per heavy atom. The van der Waals surface area contributed by atoms with Gasteiger partial charge in [0.25, 0.3) is 0 Å². The van der Waals surface area contributed by atoms with E-state index >= 15 is 0 Å². The quantitative estimate of drug-likeness (QED) is 0.816. The second-order valence-corrected chi connectivity index (χ2v) is 4.91. The third kappa shape index (κ3) is 2.65. The Labute approximate surface area is 112 Å². The summed E-state index contributed by atoms with van der Waals surface area (Å²) >= 11 is 3.33. The average molecular weight is 313 g/mol. The van der Waals surface area contributed by atoms with E-state index in [1.54, 1.807) is 10.9 Å². The molecule has 0 fully saturated rings. The number of halogens is 1. The maximum atomic E-state index is 12.2. The van der Waals surface area contributed by atoms with Crippen LogP contribution >= 0.6 is 15.9 Å². The maximum absolute atomic E-state index is 12.2. The molecule has 96 valence electrons. The first-order chi connectivity index (χ1) is 8.59. The molecule has 0 aromatic carbocycles. The van der Waals surface area contributed by atoms with Crippen LogP contribution in [0.1, 0.15) is 16.2 Å². The Balaban J connectivity index is 2.26. The predicted molar refractivity (Wildman–Crippen MR) is 68.3 cm³/mol. The molecule has 8 heteroatoms. The zero-order chi connectivity index (χ0) is 13.1. The van der Waals surface area contributed by atoms with Crippen molar-refractivity contribution in [1.82, 2.24) is 30.1 Å². The first-order valence-corrected chi connectivity index (χ1v) is 6.15. The first kappa shape index (κ1) is 12.9. The number of nitrogens with one attached hydrogen (secondary N) is 1. The lowest BCUT2D eigenvalue weighted by atomic mass is 10.2. The maximum Gasteiger partial charge on any atom is 0.234 e. The third-order valence-corrected chi connectivity index (χ3v) is 3.00. The van der Waals surface area contributed by atoms with Crippen LogP contribution in [-0.4, -0.2) is 56.5 Å². The standard InChI is InChI=1S/C10H13BrN6O/c1-16(2)3-4-17-9(7(11)5-13-17)10(18)8-6-12-15-14-8/h5-6H,3-4H2,1-2H3,(H,12,14,15). The molecule has 0 bridgehead atoms. The van der Waals surface area contributed by atoms with Gasteiger partial charge in [0.15, 0.2) is 5.69 Å². The van der Waals surface area contributed by atoms with Crippen molar-refractivity contribution in [3.8, 4) is 0 Å². The second-order valence-electron chi connectivity index (χ2n) is 4.05. The summed E-state index contributed by atoms with van der Waals surface area (Å²) in [4.78, 5) is 14.3. The molecule has 2 heterocycles. The minimum atomic E-state index is -0.202. The lowest BCUT2D eigenvalue weighted by molar-refractivity contribution is 0.102. The molecule has 1 N–H and O–H groups in total. The number of H-pyrrole nitrogens is 1. The SMILES string of the molecule is CN(C)CCn1ncc(Br)c1C(=O)c1cn[nH]n1. The van der Waals surface area contributed by atoms with Gasteiger partial charge in [0.1, 0.15) is 5.69 Å². The van der Waals surface area contributed by atoms with E-state index in [0.29, 0.717) is 16.7 Å². The molecule has 2 rings (SSSR count). The summed E-state index contributed by atoms with van der Waals surface area (Å²) in [6.07, 6.45) is 3.01. The van der Waals surface area contributed by atoms with E-state index in [1.807, 2.05) is 19.0 Å². The molecule has 0 unspecified atom stereocenters. The number of aromatic amines is 1. The fourth-order valence-electron chi connectivity index (χ4n) is 1.48. The van der Waals surface area contributed by atoms with Crippen molar-refractivity contribution in [3.63, 3.8) is 0 Å². The molecule has 0 aliphatic rings. The van der Waals surface area contributed by atoms with E-state index in [1.165, 1.54) is 6.20 Å². The minimum Gasteiger partial charge on any atom is -0.308 e. The highest BCUT2D eigenvalue weighted by Gasteiger charge is 2.20. The molecule has 0 aliphatic carbocycles. The van der Waals surface area contributed by atoms with E-state index in [2.05, 4.69) is 36.4 Å². The van der Waals surface area contributed by atoms with Crippen LogP contribution in [0.5, 0.6) is 0 Å². The Kier molecular flexibility index (Phi) is 3.87. The highest BCUT2D eigenvalue weighted by Crippen LogP contribution is 2.18. The number of likely N-dealkylation sites (N-methyl/N-ethyl adjacent to an activating group) is 1. The Hall–Kier alpha value is -1.54. The van der Waals surface area contributed by atoms with Crippen molar-refractivity contribution < 1.29 is 4.79 Å². The van der Waals surface area contributed by atoms with E-state index < -0.39 is 0 Å². The molecule has 0 saturated carbocycles. The molecule has 0 spiro atoms. The Bertz CT molecular complexity index is 533. The largest absolute Gasteiger partial charge is 0.308 e. The molecular formula is C10H13BrN6O. The first-order valence-electron chi connectivity index (χ1n) is 5.36. The van der Waals surface area contributed by atoms with Crippen molar-refractivity contribution in [2.24, 2.45) is 0 Å². The van der Waals surface area contributed by atoms with Gasteiger partial charge < -0.3 is 4.90 Å². The summed E-state index contributed by atoms with van der Waals surface area (Å²) in [5, 5.41) is 14.0. The molecule has 18 heavy (non-hydrogen) atoms. The van der Waals surface area contributed by atoms with E-state index in [0.717, 1.165) is 6.54 Å². The molecule has 0 radical (unpaired) electrons. The summed E-state index contributed by atoms with van der Waals surface area (Å²) in [6.45, 7) is 1.44. The highest BCUT2D eigenvalue weighted by molar-refractivity contribution is 9.10. The van der Waals surface area contributed by atoms with Gasteiger partial charge in [-0.3, -0.25) is 9.48 Å². The number of ketones is 1. The van der Waals surface area contributed by atoms with Gasteiger partial charge in [-0.25, -0.2) is 0 Å². The van der Waals surface area contributed by atoms with Gasteiger partial charge in [-0.05, 0) is 30.0 Å². The predicted octanol–water partition coefficient (Wildman–Crippen LogP) is 0.556. The fraction of sp³-hybridized carbons (Fsp3) is 0.400. The van der Waals surface area contributed by atoms with Gasteiger partial charge in [-0.1, -0.05) is 0 Å². The van der Waals surface area contributed by atoms with Crippen LogP contribution in [0.3, 0.4) is 0 Å². The van der Waals surface area contributed by atoms with Gasteiger partial charge in [-0.2, -0.15) is 20.5 Å². The fourth-order valence-corrected chi connectivity index (χ4v) is 1.96. The van der Waals surface area contributed by atoms with E-state index in [4.69, 9.17) is 0 Å². The minimum absolute atomic E-state index is 0.202. The van der Waals surface area contributed by atoms with Gasteiger partial charge in [0.05, 0.1) is 23.4 Å². The van der Waals surface area contributed by atoms with Crippen LogP contribution in [0.15, 0.2) is 16.9 Å². The van der Waals surface area contributed by atoms with Crippen LogP contribution in [-0.2, 0) is 6.54 Å². The van der Waals surface area contributed by atoms with Crippen molar-refractivity contribution in [3.05, 3.63) is 28.3 Å².